The molecule has 110 valence electrons. The molecule has 2 aromatic carbocycles. The summed E-state index contributed by atoms with van der Waals surface area (Å²) in [6.07, 6.45) is 0.999. The fourth-order valence-electron chi connectivity index (χ4n) is 2.25. The molecule has 2 N–H and O–H groups in total. The molecule has 0 saturated carbocycles. The number of amides is 1. The molecule has 0 aromatic heterocycles. The average Bonchev–Trinajstić information content (AvgIpc) is 2.48. The average molecular weight is 282 g/mol. The molecular weight excluding hydrogens is 260 g/mol. The quantitative estimate of drug-likeness (QED) is 0.861. The molecule has 0 bridgehead atoms. The maximum Gasteiger partial charge on any atom is 0.255 e. The van der Waals surface area contributed by atoms with Crippen LogP contribution in [0.1, 0.15) is 35.3 Å². The van der Waals surface area contributed by atoms with E-state index >= 15 is 0 Å². The molecule has 0 fully saturated rings. The Bertz CT molecular complexity index is 618. The second-order valence-electron chi connectivity index (χ2n) is 5.06. The monoisotopic (exact) mass is 282 g/mol. The van der Waals surface area contributed by atoms with E-state index < -0.39 is 0 Å². The Kier molecular flexibility index (Phi) is 4.99. The third kappa shape index (κ3) is 3.85. The zero-order valence-corrected chi connectivity index (χ0v) is 12.9. The first kappa shape index (κ1) is 15.1. The lowest BCUT2D eigenvalue weighted by Crippen LogP contribution is -2.13. The highest BCUT2D eigenvalue weighted by molar-refractivity contribution is 6.05. The summed E-state index contributed by atoms with van der Waals surface area (Å²) in [5.41, 5.74) is 4.80. The predicted molar refractivity (Wildman–Crippen MR) is 89.1 cm³/mol. The first-order valence-corrected chi connectivity index (χ1v) is 7.38. The van der Waals surface area contributed by atoms with E-state index in [0.29, 0.717) is 5.56 Å². The van der Waals surface area contributed by atoms with Crippen LogP contribution in [-0.4, -0.2) is 12.5 Å². The number of aryl methyl sites for hydroxylation is 2. The standard InChI is InChI=1S/C18H22N2O/c1-4-14-6-8-15(9-7-14)20-18(21)17-11-10-16(19-5-2)12-13(17)3/h6-12,19H,4-5H2,1-3H3,(H,20,21). The Morgan fingerprint density at radius 3 is 2.24 bits per heavy atom. The molecule has 0 atom stereocenters. The van der Waals surface area contributed by atoms with Crippen molar-refractivity contribution in [3.05, 3.63) is 59.2 Å². The maximum atomic E-state index is 12.3. The van der Waals surface area contributed by atoms with Gasteiger partial charge in [-0.25, -0.2) is 0 Å². The first-order valence-electron chi connectivity index (χ1n) is 7.38. The second-order valence-corrected chi connectivity index (χ2v) is 5.06. The van der Waals surface area contributed by atoms with Crippen molar-refractivity contribution in [2.75, 3.05) is 17.2 Å². The van der Waals surface area contributed by atoms with E-state index in [2.05, 4.69) is 24.5 Å². The third-order valence-electron chi connectivity index (χ3n) is 3.47. The summed E-state index contributed by atoms with van der Waals surface area (Å²) >= 11 is 0. The Morgan fingerprint density at radius 2 is 1.67 bits per heavy atom. The number of hydrogen-bond donors (Lipinski definition) is 2. The van der Waals surface area contributed by atoms with Crippen LogP contribution in [0.5, 0.6) is 0 Å². The van der Waals surface area contributed by atoms with Crippen LogP contribution in [-0.2, 0) is 6.42 Å². The smallest absolute Gasteiger partial charge is 0.255 e. The third-order valence-corrected chi connectivity index (χ3v) is 3.47. The molecule has 0 aliphatic heterocycles. The van der Waals surface area contributed by atoms with E-state index in [9.17, 15) is 4.79 Å². The summed E-state index contributed by atoms with van der Waals surface area (Å²) in [7, 11) is 0. The van der Waals surface area contributed by atoms with Crippen molar-refractivity contribution in [1.29, 1.82) is 0 Å². The maximum absolute atomic E-state index is 12.3. The van der Waals surface area contributed by atoms with Gasteiger partial charge >= 0.3 is 0 Å². The summed E-state index contributed by atoms with van der Waals surface area (Å²) in [6.45, 7) is 6.99. The van der Waals surface area contributed by atoms with Crippen molar-refractivity contribution in [2.24, 2.45) is 0 Å². The zero-order valence-electron chi connectivity index (χ0n) is 12.9. The molecule has 0 aliphatic rings. The second kappa shape index (κ2) is 6.93. The predicted octanol–water partition coefficient (Wildman–Crippen LogP) is 4.24. The van der Waals surface area contributed by atoms with Crippen LogP contribution < -0.4 is 10.6 Å². The zero-order chi connectivity index (χ0) is 15.2. The van der Waals surface area contributed by atoms with Crippen molar-refractivity contribution in [2.45, 2.75) is 27.2 Å². The van der Waals surface area contributed by atoms with E-state index in [4.69, 9.17) is 0 Å². The largest absolute Gasteiger partial charge is 0.385 e. The minimum absolute atomic E-state index is 0.0696. The Hall–Kier alpha value is -2.29. The van der Waals surface area contributed by atoms with Crippen LogP contribution >= 0.6 is 0 Å². The number of rotatable bonds is 5. The topological polar surface area (TPSA) is 41.1 Å². The molecule has 1 amide bonds. The van der Waals surface area contributed by atoms with E-state index in [0.717, 1.165) is 29.9 Å². The van der Waals surface area contributed by atoms with Gasteiger partial charge in [-0.15, -0.1) is 0 Å². The Labute approximate surface area is 126 Å². The molecule has 0 aliphatic carbocycles. The van der Waals surface area contributed by atoms with Crippen molar-refractivity contribution in [1.82, 2.24) is 0 Å². The molecule has 3 heteroatoms. The highest BCUT2D eigenvalue weighted by Crippen LogP contribution is 2.17. The number of carbonyl (C=O) groups is 1. The molecule has 0 spiro atoms. The molecule has 2 aromatic rings. The van der Waals surface area contributed by atoms with Crippen LogP contribution in [0.15, 0.2) is 42.5 Å². The molecule has 0 saturated heterocycles. The minimum Gasteiger partial charge on any atom is -0.385 e. The van der Waals surface area contributed by atoms with Crippen LogP contribution in [0, 0.1) is 6.92 Å². The van der Waals surface area contributed by atoms with Crippen LogP contribution in [0.3, 0.4) is 0 Å². The van der Waals surface area contributed by atoms with Gasteiger partial charge in [-0.3, -0.25) is 4.79 Å². The molecular formula is C18H22N2O. The minimum atomic E-state index is -0.0696. The van der Waals surface area contributed by atoms with Crippen molar-refractivity contribution < 1.29 is 4.79 Å². The highest BCUT2D eigenvalue weighted by atomic mass is 16.1. The summed E-state index contributed by atoms with van der Waals surface area (Å²) in [6, 6.07) is 13.8. The van der Waals surface area contributed by atoms with Crippen LogP contribution in [0.2, 0.25) is 0 Å². The van der Waals surface area contributed by atoms with Crippen LogP contribution in [0.4, 0.5) is 11.4 Å². The van der Waals surface area contributed by atoms with E-state index in [1.165, 1.54) is 5.56 Å². The number of hydrogen-bond acceptors (Lipinski definition) is 2. The van der Waals surface area contributed by atoms with Gasteiger partial charge < -0.3 is 10.6 Å². The Morgan fingerprint density at radius 1 is 1.00 bits per heavy atom. The number of anilines is 2. The van der Waals surface area contributed by atoms with Gasteiger partial charge in [0.2, 0.25) is 0 Å². The summed E-state index contributed by atoms with van der Waals surface area (Å²) < 4.78 is 0. The molecule has 0 unspecified atom stereocenters. The SMILES string of the molecule is CCNc1ccc(C(=O)Nc2ccc(CC)cc2)c(C)c1. The lowest BCUT2D eigenvalue weighted by atomic mass is 10.1. The number of carbonyl (C=O) groups excluding carboxylic acids is 1. The summed E-state index contributed by atoms with van der Waals surface area (Å²) in [5.74, 6) is -0.0696. The Balaban J connectivity index is 2.12. The molecule has 3 nitrogen and oxygen atoms in total. The van der Waals surface area contributed by atoms with Crippen molar-refractivity contribution in [3.63, 3.8) is 0 Å². The molecule has 0 heterocycles. The fraction of sp³-hybridized carbons (Fsp3) is 0.278. The number of nitrogens with one attached hydrogen (secondary N) is 2. The lowest BCUT2D eigenvalue weighted by Gasteiger charge is -2.10. The van der Waals surface area contributed by atoms with Gasteiger partial charge in [0, 0.05) is 23.5 Å². The lowest BCUT2D eigenvalue weighted by molar-refractivity contribution is 0.102. The van der Waals surface area contributed by atoms with Gasteiger partial charge in [0.15, 0.2) is 0 Å². The van der Waals surface area contributed by atoms with Crippen molar-refractivity contribution >= 4 is 17.3 Å². The van der Waals surface area contributed by atoms with E-state index in [1.807, 2.05) is 49.4 Å². The van der Waals surface area contributed by atoms with Crippen molar-refractivity contribution in [3.8, 4) is 0 Å². The van der Waals surface area contributed by atoms with E-state index in [-0.39, 0.29) is 5.91 Å². The normalized spacial score (nSPS) is 10.2. The van der Waals surface area contributed by atoms with E-state index in [1.54, 1.807) is 0 Å². The van der Waals surface area contributed by atoms with Gasteiger partial charge in [0.1, 0.15) is 0 Å². The summed E-state index contributed by atoms with van der Waals surface area (Å²) in [5, 5.41) is 6.19. The molecule has 21 heavy (non-hydrogen) atoms. The van der Waals surface area contributed by atoms with Crippen LogP contribution in [0.25, 0.3) is 0 Å². The van der Waals surface area contributed by atoms with Gasteiger partial charge in [0.25, 0.3) is 5.91 Å². The first-order chi connectivity index (χ1) is 10.1. The molecule has 2 rings (SSSR count). The van der Waals surface area contributed by atoms with Gasteiger partial charge in [0.05, 0.1) is 0 Å². The van der Waals surface area contributed by atoms with Gasteiger partial charge in [-0.05, 0) is 61.7 Å². The highest BCUT2D eigenvalue weighted by Gasteiger charge is 2.09. The molecule has 0 radical (unpaired) electrons. The number of benzene rings is 2. The summed E-state index contributed by atoms with van der Waals surface area (Å²) in [4.78, 5) is 12.3. The van der Waals surface area contributed by atoms with Gasteiger partial charge in [-0.1, -0.05) is 19.1 Å². The van der Waals surface area contributed by atoms with Gasteiger partial charge in [-0.2, -0.15) is 0 Å². The fourth-order valence-corrected chi connectivity index (χ4v) is 2.25.